The molecule has 2 fully saturated rings. The van der Waals surface area contributed by atoms with Gasteiger partial charge in [0.1, 0.15) is 0 Å². The number of anilines is 1. The van der Waals surface area contributed by atoms with Gasteiger partial charge in [-0.15, -0.1) is 0 Å². The van der Waals surface area contributed by atoms with Gasteiger partial charge in [-0.25, -0.2) is 0 Å². The molecule has 0 aromatic heterocycles. The smallest absolute Gasteiger partial charge is 0.0949 e. The lowest BCUT2D eigenvalue weighted by Crippen LogP contribution is -2.33. The summed E-state index contributed by atoms with van der Waals surface area (Å²) in [6.07, 6.45) is 1.32. The van der Waals surface area contributed by atoms with Crippen molar-refractivity contribution in [1.29, 1.82) is 0 Å². The minimum Gasteiger partial charge on any atom is -0.379 e. The van der Waals surface area contributed by atoms with E-state index in [4.69, 9.17) is 9.47 Å². The van der Waals surface area contributed by atoms with Crippen molar-refractivity contribution in [1.82, 2.24) is 5.32 Å². The van der Waals surface area contributed by atoms with Crippen LogP contribution in [0.1, 0.15) is 18.1 Å². The second kappa shape index (κ2) is 5.90. The predicted molar refractivity (Wildman–Crippen MR) is 75.6 cm³/mol. The zero-order valence-electron chi connectivity index (χ0n) is 11.5. The highest BCUT2D eigenvalue weighted by Crippen LogP contribution is 2.24. The van der Waals surface area contributed by atoms with Gasteiger partial charge in [0.15, 0.2) is 0 Å². The largest absolute Gasteiger partial charge is 0.379 e. The Bertz CT molecular complexity index is 395. The molecular formula is C15H22N2O2. The van der Waals surface area contributed by atoms with E-state index in [0.717, 1.165) is 39.3 Å². The molecule has 19 heavy (non-hydrogen) atoms. The van der Waals surface area contributed by atoms with Crippen molar-refractivity contribution in [3.63, 3.8) is 0 Å². The van der Waals surface area contributed by atoms with Crippen molar-refractivity contribution in [2.24, 2.45) is 0 Å². The highest BCUT2D eigenvalue weighted by atomic mass is 16.5. The van der Waals surface area contributed by atoms with Gasteiger partial charge in [-0.2, -0.15) is 0 Å². The van der Waals surface area contributed by atoms with Crippen molar-refractivity contribution >= 4 is 5.69 Å². The topological polar surface area (TPSA) is 33.7 Å². The zero-order valence-corrected chi connectivity index (χ0v) is 11.5. The van der Waals surface area contributed by atoms with Crippen LogP contribution < -0.4 is 10.2 Å². The Morgan fingerprint density at radius 1 is 1.21 bits per heavy atom. The summed E-state index contributed by atoms with van der Waals surface area (Å²) < 4.78 is 11.2. The van der Waals surface area contributed by atoms with Crippen LogP contribution in [0.3, 0.4) is 0 Å². The molecule has 0 amide bonds. The fraction of sp³-hybridized carbons (Fsp3) is 0.600. The van der Waals surface area contributed by atoms with Crippen LogP contribution in [0.4, 0.5) is 5.69 Å². The molecule has 0 saturated carbocycles. The molecule has 0 spiro atoms. The number of benzene rings is 1. The summed E-state index contributed by atoms with van der Waals surface area (Å²) >= 11 is 0. The molecule has 0 bridgehead atoms. The summed E-state index contributed by atoms with van der Waals surface area (Å²) in [5, 5.41) is 3.36. The van der Waals surface area contributed by atoms with Gasteiger partial charge in [0.05, 0.1) is 25.4 Å². The number of rotatable bonds is 3. The van der Waals surface area contributed by atoms with E-state index < -0.39 is 0 Å². The zero-order chi connectivity index (χ0) is 13.1. The van der Waals surface area contributed by atoms with Gasteiger partial charge in [0.2, 0.25) is 0 Å². The van der Waals surface area contributed by atoms with Gasteiger partial charge < -0.3 is 19.7 Å². The molecule has 1 aromatic rings. The van der Waals surface area contributed by atoms with Gasteiger partial charge in [0.25, 0.3) is 0 Å². The fourth-order valence-electron chi connectivity index (χ4n) is 2.74. The number of hydrogen-bond acceptors (Lipinski definition) is 4. The molecule has 1 aromatic carbocycles. The Hall–Kier alpha value is -1.10. The standard InChI is InChI=1S/C15H22N2O2/c1-17(14-6-8-18-11-14)13-4-2-12(3-5-13)15-10-16-7-9-19-15/h2-5,14-16H,6-11H2,1H3/t14-,15-/m1/s1. The lowest BCUT2D eigenvalue weighted by atomic mass is 10.1. The Labute approximate surface area is 114 Å². The van der Waals surface area contributed by atoms with Crippen LogP contribution in [0, 0.1) is 0 Å². The number of morpholine rings is 1. The lowest BCUT2D eigenvalue weighted by Gasteiger charge is -2.27. The second-order valence-electron chi connectivity index (χ2n) is 5.28. The van der Waals surface area contributed by atoms with E-state index in [2.05, 4.69) is 41.5 Å². The van der Waals surface area contributed by atoms with Crippen molar-refractivity contribution in [2.75, 3.05) is 44.9 Å². The first-order chi connectivity index (χ1) is 9.34. The van der Waals surface area contributed by atoms with E-state index in [1.54, 1.807) is 0 Å². The Kier molecular flexibility index (Phi) is 4.01. The van der Waals surface area contributed by atoms with Gasteiger partial charge in [-0.3, -0.25) is 0 Å². The van der Waals surface area contributed by atoms with Crippen molar-refractivity contribution in [3.05, 3.63) is 29.8 Å². The normalized spacial score (nSPS) is 27.4. The van der Waals surface area contributed by atoms with Crippen LogP contribution >= 0.6 is 0 Å². The molecule has 2 saturated heterocycles. The van der Waals surface area contributed by atoms with Crippen LogP contribution in [0.15, 0.2) is 24.3 Å². The maximum Gasteiger partial charge on any atom is 0.0949 e. The SMILES string of the molecule is CN(c1ccc([C@H]2CNCCO2)cc1)[C@@H]1CCOC1. The van der Waals surface area contributed by atoms with E-state index in [1.807, 2.05) is 0 Å². The molecule has 2 aliphatic rings. The van der Waals surface area contributed by atoms with Crippen LogP contribution in [-0.2, 0) is 9.47 Å². The third-order valence-electron chi connectivity index (χ3n) is 4.05. The molecule has 1 N–H and O–H groups in total. The Morgan fingerprint density at radius 2 is 2.05 bits per heavy atom. The van der Waals surface area contributed by atoms with E-state index in [0.29, 0.717) is 6.04 Å². The first-order valence-electron chi connectivity index (χ1n) is 7.07. The molecule has 0 radical (unpaired) electrons. The highest BCUT2D eigenvalue weighted by Gasteiger charge is 2.21. The summed E-state index contributed by atoms with van der Waals surface area (Å²) in [5.74, 6) is 0. The molecule has 0 unspecified atom stereocenters. The number of nitrogens with one attached hydrogen (secondary N) is 1. The minimum absolute atomic E-state index is 0.197. The summed E-state index contributed by atoms with van der Waals surface area (Å²) in [6.45, 7) is 4.39. The van der Waals surface area contributed by atoms with Crippen molar-refractivity contribution in [2.45, 2.75) is 18.6 Å². The van der Waals surface area contributed by atoms with E-state index in [-0.39, 0.29) is 6.10 Å². The second-order valence-corrected chi connectivity index (χ2v) is 5.28. The lowest BCUT2D eigenvalue weighted by molar-refractivity contribution is 0.0277. The molecule has 0 aliphatic carbocycles. The fourth-order valence-corrected chi connectivity index (χ4v) is 2.74. The summed E-state index contributed by atoms with van der Waals surface area (Å²) in [7, 11) is 2.15. The minimum atomic E-state index is 0.197. The average Bonchev–Trinajstić information content (AvgIpc) is 3.02. The molecule has 2 atom stereocenters. The van der Waals surface area contributed by atoms with E-state index in [1.165, 1.54) is 11.3 Å². The molecule has 2 aliphatic heterocycles. The maximum absolute atomic E-state index is 5.77. The van der Waals surface area contributed by atoms with Crippen molar-refractivity contribution < 1.29 is 9.47 Å². The third-order valence-corrected chi connectivity index (χ3v) is 4.05. The van der Waals surface area contributed by atoms with Crippen molar-refractivity contribution in [3.8, 4) is 0 Å². The molecule has 4 heteroatoms. The van der Waals surface area contributed by atoms with Gasteiger partial charge in [-0.05, 0) is 24.1 Å². The van der Waals surface area contributed by atoms with Crippen LogP contribution in [0.5, 0.6) is 0 Å². The Balaban J connectivity index is 1.67. The maximum atomic E-state index is 5.77. The molecule has 3 rings (SSSR count). The number of nitrogens with zero attached hydrogens (tertiary/aromatic N) is 1. The summed E-state index contributed by atoms with van der Waals surface area (Å²) in [5.41, 5.74) is 2.51. The number of hydrogen-bond donors (Lipinski definition) is 1. The van der Waals surface area contributed by atoms with E-state index >= 15 is 0 Å². The monoisotopic (exact) mass is 262 g/mol. The highest BCUT2D eigenvalue weighted by molar-refractivity contribution is 5.48. The molecule has 2 heterocycles. The van der Waals surface area contributed by atoms with E-state index in [9.17, 15) is 0 Å². The quantitative estimate of drug-likeness (QED) is 0.896. The van der Waals surface area contributed by atoms with Crippen LogP contribution in [0.2, 0.25) is 0 Å². The molecule has 104 valence electrons. The van der Waals surface area contributed by atoms with Crippen LogP contribution in [0.25, 0.3) is 0 Å². The molecular weight excluding hydrogens is 240 g/mol. The van der Waals surface area contributed by atoms with Gasteiger partial charge >= 0.3 is 0 Å². The first-order valence-corrected chi connectivity index (χ1v) is 7.07. The van der Waals surface area contributed by atoms with Gasteiger partial charge in [0, 0.05) is 32.4 Å². The number of likely N-dealkylation sites (N-methyl/N-ethyl adjacent to an activating group) is 1. The molecule has 4 nitrogen and oxygen atoms in total. The first kappa shape index (κ1) is 12.9. The number of ether oxygens (including phenoxy) is 2. The third kappa shape index (κ3) is 2.91. The summed E-state index contributed by atoms with van der Waals surface area (Å²) in [4.78, 5) is 2.32. The van der Waals surface area contributed by atoms with Gasteiger partial charge in [-0.1, -0.05) is 12.1 Å². The predicted octanol–water partition coefficient (Wildman–Crippen LogP) is 1.57. The average molecular weight is 262 g/mol. The van der Waals surface area contributed by atoms with Crippen LogP contribution in [-0.4, -0.2) is 46.0 Å². The Morgan fingerprint density at radius 3 is 2.68 bits per heavy atom. The summed E-state index contributed by atoms with van der Waals surface area (Å²) in [6, 6.07) is 9.24.